The number of H-pyrrole nitrogens is 1. The summed E-state index contributed by atoms with van der Waals surface area (Å²) in [6, 6.07) is 13.1. The van der Waals surface area contributed by atoms with Crippen LogP contribution in [0.1, 0.15) is 22.5 Å². The van der Waals surface area contributed by atoms with Crippen molar-refractivity contribution in [2.45, 2.75) is 13.0 Å². The molecule has 2 aromatic heterocycles. The molecule has 0 spiro atoms. The van der Waals surface area contributed by atoms with Crippen molar-refractivity contribution in [2.24, 2.45) is 0 Å². The molecule has 3 aromatic rings. The number of piperazine rings is 1. The van der Waals surface area contributed by atoms with Crippen molar-refractivity contribution in [3.05, 3.63) is 66.1 Å². The number of aromatic amines is 1. The van der Waals surface area contributed by atoms with Crippen LogP contribution in [0.25, 0.3) is 10.9 Å². The second kappa shape index (κ2) is 9.95. The fraction of sp³-hybridized carbons (Fsp3) is 0.304. The van der Waals surface area contributed by atoms with E-state index >= 15 is 0 Å². The molecule has 1 saturated heterocycles. The van der Waals surface area contributed by atoms with Crippen molar-refractivity contribution in [1.29, 1.82) is 0 Å². The van der Waals surface area contributed by atoms with E-state index in [1.165, 1.54) is 0 Å². The van der Waals surface area contributed by atoms with Gasteiger partial charge in [-0.1, -0.05) is 24.3 Å². The number of amides is 4. The molecule has 4 amide bonds. The predicted octanol–water partition coefficient (Wildman–Crippen LogP) is 1.74. The maximum Gasteiger partial charge on any atom is 0.317 e. The third kappa shape index (κ3) is 5.23. The van der Waals surface area contributed by atoms with Crippen LogP contribution in [0.15, 0.2) is 54.9 Å². The molecule has 9 heteroatoms. The zero-order valence-corrected chi connectivity index (χ0v) is 17.7. The van der Waals surface area contributed by atoms with Crippen LogP contribution in [0.4, 0.5) is 4.79 Å². The van der Waals surface area contributed by atoms with Crippen molar-refractivity contribution in [3.63, 3.8) is 0 Å². The molecule has 4 rings (SSSR count). The monoisotopic (exact) mass is 434 g/mol. The molecule has 0 unspecified atom stereocenters. The number of pyridine rings is 1. The smallest absolute Gasteiger partial charge is 0.317 e. The average Bonchev–Trinajstić information content (AvgIpc) is 3.27. The highest BCUT2D eigenvalue weighted by molar-refractivity contribution is 5.98. The van der Waals surface area contributed by atoms with Crippen LogP contribution in [-0.2, 0) is 11.3 Å². The Morgan fingerprint density at radius 1 is 0.969 bits per heavy atom. The van der Waals surface area contributed by atoms with Crippen LogP contribution in [0, 0.1) is 0 Å². The number of para-hydroxylation sites is 1. The topological polar surface area (TPSA) is 110 Å². The zero-order valence-electron chi connectivity index (χ0n) is 17.7. The maximum absolute atomic E-state index is 12.8. The lowest BCUT2D eigenvalue weighted by atomic mass is 10.2. The number of urea groups is 1. The zero-order chi connectivity index (χ0) is 22.3. The molecule has 1 aliphatic heterocycles. The van der Waals surface area contributed by atoms with Gasteiger partial charge in [0, 0.05) is 69.0 Å². The van der Waals surface area contributed by atoms with Crippen molar-refractivity contribution < 1.29 is 14.4 Å². The van der Waals surface area contributed by atoms with Gasteiger partial charge in [0.2, 0.25) is 5.91 Å². The first-order valence-corrected chi connectivity index (χ1v) is 10.7. The predicted molar refractivity (Wildman–Crippen MR) is 120 cm³/mol. The van der Waals surface area contributed by atoms with Crippen LogP contribution in [0.5, 0.6) is 0 Å². The highest BCUT2D eigenvalue weighted by atomic mass is 16.2. The van der Waals surface area contributed by atoms with E-state index < -0.39 is 0 Å². The molecule has 0 radical (unpaired) electrons. The number of hydrogen-bond acceptors (Lipinski definition) is 4. The summed E-state index contributed by atoms with van der Waals surface area (Å²) in [4.78, 5) is 47.7. The average molecular weight is 435 g/mol. The second-order valence-electron chi connectivity index (χ2n) is 7.67. The molecule has 3 heterocycles. The number of rotatable bonds is 6. The minimum atomic E-state index is -0.220. The molecule has 1 aliphatic rings. The van der Waals surface area contributed by atoms with E-state index in [4.69, 9.17) is 0 Å². The fourth-order valence-electron chi connectivity index (χ4n) is 3.66. The van der Waals surface area contributed by atoms with E-state index in [0.717, 1.165) is 16.5 Å². The van der Waals surface area contributed by atoms with E-state index in [1.807, 2.05) is 42.5 Å². The van der Waals surface area contributed by atoms with E-state index in [2.05, 4.69) is 20.6 Å². The molecule has 0 aliphatic carbocycles. The Bertz CT molecular complexity index is 1060. The molecule has 0 atom stereocenters. The molecule has 9 nitrogen and oxygen atoms in total. The fourth-order valence-corrected chi connectivity index (χ4v) is 3.66. The van der Waals surface area contributed by atoms with Gasteiger partial charge in [-0.25, -0.2) is 4.79 Å². The van der Waals surface area contributed by atoms with Crippen LogP contribution in [0.3, 0.4) is 0 Å². The number of carbonyl (C=O) groups is 3. The van der Waals surface area contributed by atoms with Gasteiger partial charge in [0.05, 0.1) is 0 Å². The number of fused-ring (bicyclic) bond motifs is 1. The minimum Gasteiger partial charge on any atom is -0.352 e. The van der Waals surface area contributed by atoms with Crippen molar-refractivity contribution >= 4 is 28.7 Å². The van der Waals surface area contributed by atoms with Gasteiger partial charge in [-0.15, -0.1) is 0 Å². The quantitative estimate of drug-likeness (QED) is 0.549. The third-order valence-corrected chi connectivity index (χ3v) is 5.46. The normalized spacial score (nSPS) is 13.8. The summed E-state index contributed by atoms with van der Waals surface area (Å²) >= 11 is 0. The molecular formula is C23H26N6O3. The largest absolute Gasteiger partial charge is 0.352 e. The molecular weight excluding hydrogens is 408 g/mol. The molecule has 32 heavy (non-hydrogen) atoms. The Labute approximate surface area is 185 Å². The standard InChI is InChI=1S/C23H26N6O3/c30-21(26-16-17-4-3-8-24-15-17)7-9-25-23(32)29-12-10-28(11-13-29)22(31)20-14-18-5-1-2-6-19(18)27-20/h1-6,8,14-15,27H,7,9-13,16H2,(H,25,32)(H,26,30). The Morgan fingerprint density at radius 2 is 1.75 bits per heavy atom. The van der Waals surface area contributed by atoms with Gasteiger partial charge in [-0.3, -0.25) is 14.6 Å². The molecule has 1 aromatic carbocycles. The number of nitrogens with zero attached hydrogens (tertiary/aromatic N) is 3. The van der Waals surface area contributed by atoms with Crippen LogP contribution >= 0.6 is 0 Å². The summed E-state index contributed by atoms with van der Waals surface area (Å²) in [5.74, 6) is -0.200. The van der Waals surface area contributed by atoms with Crippen LogP contribution < -0.4 is 10.6 Å². The SMILES string of the molecule is O=C(CCNC(=O)N1CCN(C(=O)c2cc3ccccc3[nH]2)CC1)NCc1cccnc1. The van der Waals surface area contributed by atoms with Crippen LogP contribution in [-0.4, -0.2) is 70.3 Å². The Morgan fingerprint density at radius 3 is 2.50 bits per heavy atom. The van der Waals surface area contributed by atoms with Gasteiger partial charge in [0.1, 0.15) is 5.69 Å². The Kier molecular flexibility index (Phi) is 6.64. The Balaban J connectivity index is 1.17. The van der Waals surface area contributed by atoms with Gasteiger partial charge in [0.25, 0.3) is 5.91 Å². The number of aromatic nitrogens is 2. The first-order valence-electron chi connectivity index (χ1n) is 10.7. The number of benzene rings is 1. The number of nitrogens with one attached hydrogen (secondary N) is 3. The Hall–Kier alpha value is -3.88. The minimum absolute atomic E-state index is 0.0634. The van der Waals surface area contributed by atoms with Gasteiger partial charge < -0.3 is 25.4 Å². The highest BCUT2D eigenvalue weighted by Gasteiger charge is 2.25. The molecule has 166 valence electrons. The molecule has 0 saturated carbocycles. The lowest BCUT2D eigenvalue weighted by molar-refractivity contribution is -0.121. The van der Waals surface area contributed by atoms with Gasteiger partial charge in [-0.2, -0.15) is 0 Å². The first kappa shape index (κ1) is 21.4. The number of hydrogen-bond donors (Lipinski definition) is 3. The number of carbonyl (C=O) groups excluding carboxylic acids is 3. The van der Waals surface area contributed by atoms with Crippen LogP contribution in [0.2, 0.25) is 0 Å². The molecule has 3 N–H and O–H groups in total. The van der Waals surface area contributed by atoms with Crippen molar-refractivity contribution in [1.82, 2.24) is 30.4 Å². The molecule has 0 bridgehead atoms. The van der Waals surface area contributed by atoms with Gasteiger partial charge in [0.15, 0.2) is 0 Å². The van der Waals surface area contributed by atoms with E-state index in [0.29, 0.717) is 38.4 Å². The summed E-state index contributed by atoms with van der Waals surface area (Å²) in [6.07, 6.45) is 3.58. The maximum atomic E-state index is 12.8. The summed E-state index contributed by atoms with van der Waals surface area (Å²) in [5, 5.41) is 6.58. The summed E-state index contributed by atoms with van der Waals surface area (Å²) in [5.41, 5.74) is 2.41. The highest BCUT2D eigenvalue weighted by Crippen LogP contribution is 2.17. The molecule has 1 fully saturated rings. The van der Waals surface area contributed by atoms with Gasteiger partial charge in [-0.05, 0) is 23.8 Å². The lowest BCUT2D eigenvalue weighted by Gasteiger charge is -2.34. The lowest BCUT2D eigenvalue weighted by Crippen LogP contribution is -2.53. The van der Waals surface area contributed by atoms with Gasteiger partial charge >= 0.3 is 6.03 Å². The summed E-state index contributed by atoms with van der Waals surface area (Å²) < 4.78 is 0. The van der Waals surface area contributed by atoms with E-state index in [9.17, 15) is 14.4 Å². The van der Waals surface area contributed by atoms with E-state index in [-0.39, 0.29) is 30.8 Å². The summed E-state index contributed by atoms with van der Waals surface area (Å²) in [6.45, 7) is 2.50. The van der Waals surface area contributed by atoms with Crippen molar-refractivity contribution in [3.8, 4) is 0 Å². The summed E-state index contributed by atoms with van der Waals surface area (Å²) in [7, 11) is 0. The van der Waals surface area contributed by atoms with Crippen molar-refractivity contribution in [2.75, 3.05) is 32.7 Å². The van der Waals surface area contributed by atoms with E-state index in [1.54, 1.807) is 22.2 Å². The first-order chi connectivity index (χ1) is 15.6. The third-order valence-electron chi connectivity index (χ3n) is 5.46. The second-order valence-corrected chi connectivity index (χ2v) is 7.67.